The Morgan fingerprint density at radius 1 is 1.35 bits per heavy atom. The second kappa shape index (κ2) is 7.88. The molecule has 0 atom stereocenters. The smallest absolute Gasteiger partial charge is 0.153 e. The van der Waals surface area contributed by atoms with E-state index >= 15 is 0 Å². The van der Waals surface area contributed by atoms with Gasteiger partial charge in [-0.05, 0) is 18.6 Å². The number of halogens is 1. The Hall–Kier alpha value is -1.58. The zero-order valence-electron chi connectivity index (χ0n) is 11.4. The van der Waals surface area contributed by atoms with Gasteiger partial charge >= 0.3 is 0 Å². The summed E-state index contributed by atoms with van der Waals surface area (Å²) in [6.07, 6.45) is 0.565. The highest BCUT2D eigenvalue weighted by molar-refractivity contribution is 7.91. The van der Waals surface area contributed by atoms with Crippen LogP contribution in [0, 0.1) is 17.7 Å². The van der Waals surface area contributed by atoms with E-state index in [4.69, 9.17) is 10.5 Å². The van der Waals surface area contributed by atoms with E-state index < -0.39 is 15.7 Å². The minimum Gasteiger partial charge on any atom is -0.491 e. The summed E-state index contributed by atoms with van der Waals surface area (Å²) in [5, 5.41) is 0. The molecule has 6 heteroatoms. The largest absolute Gasteiger partial charge is 0.491 e. The molecule has 0 heterocycles. The van der Waals surface area contributed by atoms with Crippen molar-refractivity contribution in [1.29, 1.82) is 0 Å². The van der Waals surface area contributed by atoms with E-state index in [2.05, 4.69) is 11.8 Å². The van der Waals surface area contributed by atoms with Gasteiger partial charge in [0.2, 0.25) is 0 Å². The molecular formula is C14H18FNO3S. The summed E-state index contributed by atoms with van der Waals surface area (Å²) in [5.41, 5.74) is 5.77. The maximum absolute atomic E-state index is 13.2. The quantitative estimate of drug-likeness (QED) is 0.805. The molecule has 4 nitrogen and oxygen atoms in total. The Morgan fingerprint density at radius 2 is 2.10 bits per heavy atom. The van der Waals surface area contributed by atoms with Gasteiger partial charge in [-0.15, -0.1) is 0 Å². The molecule has 0 radical (unpaired) electrons. The summed E-state index contributed by atoms with van der Waals surface area (Å²) in [7, 11) is -3.12. The monoisotopic (exact) mass is 299 g/mol. The fourth-order valence-electron chi connectivity index (χ4n) is 1.56. The van der Waals surface area contributed by atoms with Crippen LogP contribution in [0.4, 0.5) is 4.39 Å². The van der Waals surface area contributed by atoms with Crippen LogP contribution in [-0.2, 0) is 9.84 Å². The first-order valence-electron chi connectivity index (χ1n) is 6.30. The molecule has 0 amide bonds. The molecule has 0 saturated carbocycles. The van der Waals surface area contributed by atoms with Crippen LogP contribution < -0.4 is 10.5 Å². The van der Waals surface area contributed by atoms with Crippen LogP contribution in [0.15, 0.2) is 18.2 Å². The minimum absolute atomic E-state index is 0.0247. The maximum atomic E-state index is 13.2. The first kappa shape index (κ1) is 16.5. The van der Waals surface area contributed by atoms with Crippen molar-refractivity contribution in [2.45, 2.75) is 13.3 Å². The van der Waals surface area contributed by atoms with Gasteiger partial charge in [-0.25, -0.2) is 12.8 Å². The summed E-state index contributed by atoms with van der Waals surface area (Å²) in [6, 6.07) is 3.93. The van der Waals surface area contributed by atoms with Crippen LogP contribution >= 0.6 is 0 Å². The Bertz CT molecular complexity index is 603. The number of sulfone groups is 1. The van der Waals surface area contributed by atoms with Crippen LogP contribution in [0.25, 0.3) is 0 Å². The lowest BCUT2D eigenvalue weighted by molar-refractivity contribution is 0.338. The van der Waals surface area contributed by atoms with E-state index in [0.29, 0.717) is 12.0 Å². The van der Waals surface area contributed by atoms with Gasteiger partial charge in [-0.3, -0.25) is 0 Å². The van der Waals surface area contributed by atoms with Gasteiger partial charge in [0.1, 0.15) is 18.2 Å². The van der Waals surface area contributed by atoms with Crippen molar-refractivity contribution in [1.82, 2.24) is 0 Å². The molecular weight excluding hydrogens is 281 g/mol. The van der Waals surface area contributed by atoms with E-state index in [1.54, 1.807) is 6.92 Å². The van der Waals surface area contributed by atoms with E-state index in [1.165, 1.54) is 18.2 Å². The lowest BCUT2D eigenvalue weighted by Crippen LogP contribution is -2.17. The zero-order valence-corrected chi connectivity index (χ0v) is 12.2. The van der Waals surface area contributed by atoms with Gasteiger partial charge in [-0.2, -0.15) is 0 Å². The van der Waals surface area contributed by atoms with Gasteiger partial charge in [0.25, 0.3) is 0 Å². The minimum atomic E-state index is -3.12. The fourth-order valence-corrected chi connectivity index (χ4v) is 2.72. The predicted octanol–water partition coefficient (Wildman–Crippen LogP) is 1.34. The summed E-state index contributed by atoms with van der Waals surface area (Å²) < 4.78 is 41.6. The molecule has 1 aromatic rings. The molecule has 0 aliphatic heterocycles. The second-order valence-corrected chi connectivity index (χ2v) is 6.45. The van der Waals surface area contributed by atoms with Crippen molar-refractivity contribution in [2.24, 2.45) is 5.73 Å². The van der Waals surface area contributed by atoms with E-state index in [-0.39, 0.29) is 30.4 Å². The van der Waals surface area contributed by atoms with Gasteiger partial charge in [0.05, 0.1) is 23.6 Å². The predicted molar refractivity (Wildman–Crippen MR) is 76.8 cm³/mol. The van der Waals surface area contributed by atoms with Crippen LogP contribution in [0.5, 0.6) is 5.75 Å². The number of nitrogens with two attached hydrogens (primary N) is 1. The normalized spacial score (nSPS) is 10.8. The number of rotatable bonds is 6. The molecule has 0 spiro atoms. The lowest BCUT2D eigenvalue weighted by Gasteiger charge is -2.08. The van der Waals surface area contributed by atoms with Crippen molar-refractivity contribution in [3.8, 4) is 17.6 Å². The number of hydrogen-bond acceptors (Lipinski definition) is 4. The molecule has 0 aliphatic rings. The van der Waals surface area contributed by atoms with Gasteiger partial charge in [-0.1, -0.05) is 18.8 Å². The number of hydrogen-bond donors (Lipinski definition) is 1. The molecule has 0 saturated heterocycles. The second-order valence-electron chi connectivity index (χ2n) is 4.15. The molecule has 0 aromatic heterocycles. The van der Waals surface area contributed by atoms with Crippen molar-refractivity contribution < 1.29 is 17.5 Å². The Morgan fingerprint density at radius 3 is 2.75 bits per heavy atom. The maximum Gasteiger partial charge on any atom is 0.153 e. The van der Waals surface area contributed by atoms with Crippen LogP contribution in [0.2, 0.25) is 0 Å². The third-order valence-corrected chi connectivity index (χ3v) is 4.25. The lowest BCUT2D eigenvalue weighted by atomic mass is 10.2. The number of ether oxygens (including phenoxy) is 1. The van der Waals surface area contributed by atoms with Crippen molar-refractivity contribution in [3.63, 3.8) is 0 Å². The van der Waals surface area contributed by atoms with Gasteiger partial charge < -0.3 is 10.5 Å². The first-order chi connectivity index (χ1) is 9.48. The summed E-state index contributed by atoms with van der Waals surface area (Å²) in [5.74, 6) is 5.20. The van der Waals surface area contributed by atoms with Crippen molar-refractivity contribution in [3.05, 3.63) is 29.6 Å². The average molecular weight is 299 g/mol. The molecule has 1 rings (SSSR count). The van der Waals surface area contributed by atoms with Gasteiger partial charge in [0, 0.05) is 6.07 Å². The SMILES string of the molecule is CCCS(=O)(=O)CCOc1cc(F)ccc1C#CCN. The van der Waals surface area contributed by atoms with E-state index in [1.807, 2.05) is 0 Å². The molecule has 1 aromatic carbocycles. The van der Waals surface area contributed by atoms with Gasteiger partial charge in [0.15, 0.2) is 9.84 Å². The molecule has 0 unspecified atom stereocenters. The van der Waals surface area contributed by atoms with E-state index in [9.17, 15) is 12.8 Å². The average Bonchev–Trinajstić information content (AvgIpc) is 2.37. The fraction of sp³-hybridized carbons (Fsp3) is 0.429. The Kier molecular flexibility index (Phi) is 6.49. The van der Waals surface area contributed by atoms with Crippen LogP contribution in [0.1, 0.15) is 18.9 Å². The molecule has 110 valence electrons. The van der Waals surface area contributed by atoms with Crippen molar-refractivity contribution >= 4 is 9.84 Å². The topological polar surface area (TPSA) is 69.4 Å². The summed E-state index contributed by atoms with van der Waals surface area (Å²) in [6.45, 7) is 1.95. The Labute approximate surface area is 119 Å². The summed E-state index contributed by atoms with van der Waals surface area (Å²) in [4.78, 5) is 0. The molecule has 0 fully saturated rings. The standard InChI is InChI=1S/C14H18FNO3S/c1-2-9-20(17,18)10-8-19-14-11-13(15)6-5-12(14)4-3-7-16/h5-6,11H,2,7-10,16H2,1H3. The molecule has 0 bridgehead atoms. The van der Waals surface area contributed by atoms with E-state index in [0.717, 1.165) is 0 Å². The Balaban J connectivity index is 2.74. The van der Waals surface area contributed by atoms with Crippen LogP contribution in [-0.4, -0.2) is 33.1 Å². The first-order valence-corrected chi connectivity index (χ1v) is 8.12. The third kappa shape index (κ3) is 5.59. The highest BCUT2D eigenvalue weighted by Crippen LogP contribution is 2.19. The molecule has 0 aliphatic carbocycles. The zero-order chi connectivity index (χ0) is 15.0. The summed E-state index contributed by atoms with van der Waals surface area (Å²) >= 11 is 0. The third-order valence-electron chi connectivity index (χ3n) is 2.44. The molecule has 20 heavy (non-hydrogen) atoms. The number of benzene rings is 1. The highest BCUT2D eigenvalue weighted by atomic mass is 32.2. The van der Waals surface area contributed by atoms with Crippen molar-refractivity contribution in [2.75, 3.05) is 24.7 Å². The molecule has 2 N–H and O–H groups in total. The van der Waals surface area contributed by atoms with Crippen LogP contribution in [0.3, 0.4) is 0 Å². The highest BCUT2D eigenvalue weighted by Gasteiger charge is 2.10.